The van der Waals surface area contributed by atoms with Gasteiger partial charge >= 0.3 is 0 Å². The molecule has 1 atom stereocenters. The Morgan fingerprint density at radius 2 is 2.05 bits per heavy atom. The highest BCUT2D eigenvalue weighted by molar-refractivity contribution is 5.21. The molecule has 1 aromatic heterocycles. The fourth-order valence-electron chi connectivity index (χ4n) is 2.23. The second-order valence-electron chi connectivity index (χ2n) is 5.12. The molecule has 1 heterocycles. The van der Waals surface area contributed by atoms with Crippen molar-refractivity contribution in [1.82, 2.24) is 9.97 Å². The largest absolute Gasteiger partial charge is 0.324 e. The van der Waals surface area contributed by atoms with Crippen LogP contribution in [0.2, 0.25) is 0 Å². The van der Waals surface area contributed by atoms with E-state index in [4.69, 9.17) is 5.73 Å². The van der Waals surface area contributed by atoms with Gasteiger partial charge in [0.2, 0.25) is 0 Å². The van der Waals surface area contributed by atoms with Gasteiger partial charge in [0.1, 0.15) is 5.82 Å². The number of H-pyrrole nitrogens is 1. The molecule has 98 valence electrons. The lowest BCUT2D eigenvalue weighted by atomic mass is 10.0. The van der Waals surface area contributed by atoms with E-state index in [-0.39, 0.29) is 11.6 Å². The molecule has 1 aliphatic rings. The van der Waals surface area contributed by atoms with Gasteiger partial charge in [0, 0.05) is 30.1 Å². The van der Waals surface area contributed by atoms with Crippen LogP contribution in [-0.4, -0.2) is 9.97 Å². The summed E-state index contributed by atoms with van der Waals surface area (Å²) in [4.78, 5) is 19.0. The molecule has 1 aromatic carbocycles. The SMILES string of the molecule is N[C@H](Cc1cc(=O)[nH]c(C2CC2)n1)c1ccccc1. The summed E-state index contributed by atoms with van der Waals surface area (Å²) in [6.45, 7) is 0. The number of nitrogens with two attached hydrogens (primary N) is 1. The number of rotatable bonds is 4. The maximum Gasteiger partial charge on any atom is 0.251 e. The van der Waals surface area contributed by atoms with E-state index in [0.717, 1.165) is 29.9 Å². The van der Waals surface area contributed by atoms with E-state index < -0.39 is 0 Å². The first kappa shape index (κ1) is 12.1. The number of hydrogen-bond donors (Lipinski definition) is 2. The summed E-state index contributed by atoms with van der Waals surface area (Å²) in [5.74, 6) is 1.27. The third-order valence-electron chi connectivity index (χ3n) is 3.43. The molecule has 1 aliphatic carbocycles. The quantitative estimate of drug-likeness (QED) is 0.876. The number of aromatic amines is 1. The van der Waals surface area contributed by atoms with Gasteiger partial charge in [0.25, 0.3) is 5.56 Å². The zero-order valence-electron chi connectivity index (χ0n) is 10.7. The van der Waals surface area contributed by atoms with Gasteiger partial charge in [0.15, 0.2) is 0 Å². The molecule has 0 saturated heterocycles. The Morgan fingerprint density at radius 1 is 1.32 bits per heavy atom. The summed E-state index contributed by atoms with van der Waals surface area (Å²) in [5, 5.41) is 0. The molecule has 0 unspecified atom stereocenters. The monoisotopic (exact) mass is 255 g/mol. The summed E-state index contributed by atoms with van der Waals surface area (Å²) in [5.41, 5.74) is 7.94. The summed E-state index contributed by atoms with van der Waals surface area (Å²) >= 11 is 0. The number of aromatic nitrogens is 2. The van der Waals surface area contributed by atoms with Crippen molar-refractivity contribution in [2.45, 2.75) is 31.2 Å². The van der Waals surface area contributed by atoms with Crippen LogP contribution in [-0.2, 0) is 6.42 Å². The van der Waals surface area contributed by atoms with E-state index in [1.165, 1.54) is 0 Å². The highest BCUT2D eigenvalue weighted by Crippen LogP contribution is 2.37. The van der Waals surface area contributed by atoms with E-state index in [0.29, 0.717) is 12.3 Å². The zero-order valence-corrected chi connectivity index (χ0v) is 10.7. The van der Waals surface area contributed by atoms with E-state index in [1.807, 2.05) is 30.3 Å². The molecule has 1 saturated carbocycles. The van der Waals surface area contributed by atoms with E-state index >= 15 is 0 Å². The third-order valence-corrected chi connectivity index (χ3v) is 3.43. The van der Waals surface area contributed by atoms with Crippen molar-refractivity contribution in [3.8, 4) is 0 Å². The van der Waals surface area contributed by atoms with Crippen LogP contribution in [0.5, 0.6) is 0 Å². The van der Waals surface area contributed by atoms with Gasteiger partial charge in [-0.15, -0.1) is 0 Å². The highest BCUT2D eigenvalue weighted by Gasteiger charge is 2.26. The second-order valence-corrected chi connectivity index (χ2v) is 5.12. The van der Waals surface area contributed by atoms with Crippen LogP contribution in [0.4, 0.5) is 0 Å². The Bertz CT molecular complexity index is 617. The molecule has 3 N–H and O–H groups in total. The molecule has 0 amide bonds. The van der Waals surface area contributed by atoms with E-state index in [1.54, 1.807) is 6.07 Å². The van der Waals surface area contributed by atoms with Crippen molar-refractivity contribution in [1.29, 1.82) is 0 Å². The van der Waals surface area contributed by atoms with Crippen LogP contribution < -0.4 is 11.3 Å². The Balaban J connectivity index is 1.81. The molecule has 19 heavy (non-hydrogen) atoms. The Kier molecular flexibility index (Phi) is 3.17. The normalized spacial score (nSPS) is 16.3. The van der Waals surface area contributed by atoms with Crippen LogP contribution in [0.25, 0.3) is 0 Å². The number of benzene rings is 1. The van der Waals surface area contributed by atoms with Gasteiger partial charge in [-0.25, -0.2) is 4.98 Å². The van der Waals surface area contributed by atoms with E-state index in [2.05, 4.69) is 9.97 Å². The van der Waals surface area contributed by atoms with Crippen LogP contribution >= 0.6 is 0 Å². The second kappa shape index (κ2) is 4.97. The minimum absolute atomic E-state index is 0.0767. The van der Waals surface area contributed by atoms with Crippen LogP contribution in [0.15, 0.2) is 41.2 Å². The smallest absolute Gasteiger partial charge is 0.251 e. The Morgan fingerprint density at radius 3 is 2.74 bits per heavy atom. The molecule has 2 aromatic rings. The maximum absolute atomic E-state index is 11.6. The van der Waals surface area contributed by atoms with Crippen molar-refractivity contribution < 1.29 is 0 Å². The lowest BCUT2D eigenvalue weighted by Gasteiger charge is -2.11. The fraction of sp³-hybridized carbons (Fsp3) is 0.333. The molecule has 0 radical (unpaired) electrons. The van der Waals surface area contributed by atoms with Crippen molar-refractivity contribution >= 4 is 0 Å². The third kappa shape index (κ3) is 2.90. The minimum Gasteiger partial charge on any atom is -0.324 e. The van der Waals surface area contributed by atoms with Gasteiger partial charge in [0.05, 0.1) is 0 Å². The van der Waals surface area contributed by atoms with Gasteiger partial charge in [-0.3, -0.25) is 4.79 Å². The first-order valence-corrected chi connectivity index (χ1v) is 6.63. The van der Waals surface area contributed by atoms with Crippen LogP contribution in [0.1, 0.15) is 41.9 Å². The number of nitrogens with one attached hydrogen (secondary N) is 1. The summed E-state index contributed by atoms with van der Waals surface area (Å²) in [6, 6.07) is 11.3. The van der Waals surface area contributed by atoms with Crippen molar-refractivity contribution in [3.63, 3.8) is 0 Å². The van der Waals surface area contributed by atoms with Crippen molar-refractivity contribution in [2.24, 2.45) is 5.73 Å². The molecule has 0 bridgehead atoms. The molecule has 4 nitrogen and oxygen atoms in total. The fourth-order valence-corrected chi connectivity index (χ4v) is 2.23. The zero-order chi connectivity index (χ0) is 13.2. The van der Waals surface area contributed by atoms with Gasteiger partial charge < -0.3 is 10.7 Å². The highest BCUT2D eigenvalue weighted by atomic mass is 16.1. The summed E-state index contributed by atoms with van der Waals surface area (Å²) in [7, 11) is 0. The lowest BCUT2D eigenvalue weighted by molar-refractivity contribution is 0.695. The minimum atomic E-state index is -0.123. The number of nitrogens with zero attached hydrogens (tertiary/aromatic N) is 1. The van der Waals surface area contributed by atoms with Gasteiger partial charge in [-0.1, -0.05) is 30.3 Å². The summed E-state index contributed by atoms with van der Waals surface area (Å²) < 4.78 is 0. The Hall–Kier alpha value is -1.94. The Labute approximate surface area is 111 Å². The first-order chi connectivity index (χ1) is 9.22. The maximum atomic E-state index is 11.6. The van der Waals surface area contributed by atoms with Crippen molar-refractivity contribution in [2.75, 3.05) is 0 Å². The number of hydrogen-bond acceptors (Lipinski definition) is 3. The van der Waals surface area contributed by atoms with E-state index in [9.17, 15) is 4.79 Å². The van der Waals surface area contributed by atoms with Crippen LogP contribution in [0.3, 0.4) is 0 Å². The summed E-state index contributed by atoms with van der Waals surface area (Å²) in [6.07, 6.45) is 2.84. The topological polar surface area (TPSA) is 71.8 Å². The standard InChI is InChI=1S/C15H17N3O/c16-13(10-4-2-1-3-5-10)8-12-9-14(19)18-15(17-12)11-6-7-11/h1-5,9,11,13H,6-8,16H2,(H,17,18,19)/t13-/m1/s1. The molecule has 0 aliphatic heterocycles. The first-order valence-electron chi connectivity index (χ1n) is 6.63. The molecule has 3 rings (SSSR count). The average molecular weight is 255 g/mol. The molecule has 1 fully saturated rings. The van der Waals surface area contributed by atoms with Gasteiger partial charge in [-0.05, 0) is 18.4 Å². The molecular formula is C15H17N3O. The average Bonchev–Trinajstić information content (AvgIpc) is 3.23. The lowest BCUT2D eigenvalue weighted by Crippen LogP contribution is -2.18. The molecule has 4 heteroatoms. The predicted octanol–water partition coefficient (Wildman–Crippen LogP) is 1.89. The van der Waals surface area contributed by atoms with Crippen LogP contribution in [0, 0.1) is 0 Å². The molecule has 0 spiro atoms. The molecular weight excluding hydrogens is 238 g/mol. The van der Waals surface area contributed by atoms with Gasteiger partial charge in [-0.2, -0.15) is 0 Å². The predicted molar refractivity (Wildman–Crippen MR) is 73.9 cm³/mol. The van der Waals surface area contributed by atoms with Crippen molar-refractivity contribution in [3.05, 3.63) is 63.8 Å².